The highest BCUT2D eigenvalue weighted by Gasteiger charge is 2.36. The average molecular weight is 227 g/mol. The third-order valence-corrected chi connectivity index (χ3v) is 3.74. The van der Waals surface area contributed by atoms with Crippen molar-refractivity contribution in [2.24, 2.45) is 5.41 Å². The van der Waals surface area contributed by atoms with Gasteiger partial charge in [-0.3, -0.25) is 9.69 Å². The molecule has 0 aromatic carbocycles. The second-order valence-corrected chi connectivity index (χ2v) is 5.61. The highest BCUT2D eigenvalue weighted by Crippen LogP contribution is 2.38. The van der Waals surface area contributed by atoms with Crippen LogP contribution in [-0.2, 0) is 4.79 Å². The highest BCUT2D eigenvalue weighted by molar-refractivity contribution is 5.69. The molecule has 16 heavy (non-hydrogen) atoms. The van der Waals surface area contributed by atoms with Crippen molar-refractivity contribution < 1.29 is 9.90 Å². The molecule has 3 nitrogen and oxygen atoms in total. The van der Waals surface area contributed by atoms with E-state index >= 15 is 0 Å². The van der Waals surface area contributed by atoms with Gasteiger partial charge in [0, 0.05) is 6.04 Å². The number of rotatable bonds is 5. The minimum absolute atomic E-state index is 0.196. The number of hydrogen-bond acceptors (Lipinski definition) is 2. The van der Waals surface area contributed by atoms with Crippen molar-refractivity contribution in [3.8, 4) is 0 Å². The van der Waals surface area contributed by atoms with E-state index in [1.54, 1.807) is 0 Å². The molecule has 0 aromatic rings. The van der Waals surface area contributed by atoms with Gasteiger partial charge in [0.05, 0.1) is 6.54 Å². The smallest absolute Gasteiger partial charge is 0.317 e. The Bertz CT molecular complexity index is 238. The Labute approximate surface area is 98.8 Å². The molecule has 0 saturated heterocycles. The Hall–Kier alpha value is -0.570. The Balaban J connectivity index is 2.70. The fourth-order valence-electron chi connectivity index (χ4n) is 2.96. The zero-order chi connectivity index (χ0) is 12.2. The highest BCUT2D eigenvalue weighted by atomic mass is 16.4. The first-order valence-corrected chi connectivity index (χ1v) is 6.43. The number of aliphatic carboxylic acids is 1. The third-order valence-electron chi connectivity index (χ3n) is 3.74. The maximum Gasteiger partial charge on any atom is 0.317 e. The van der Waals surface area contributed by atoms with E-state index < -0.39 is 5.97 Å². The monoisotopic (exact) mass is 227 g/mol. The molecule has 0 aliphatic heterocycles. The maximum absolute atomic E-state index is 10.9. The van der Waals surface area contributed by atoms with E-state index in [0.29, 0.717) is 6.04 Å². The van der Waals surface area contributed by atoms with Gasteiger partial charge in [0.15, 0.2) is 0 Å². The van der Waals surface area contributed by atoms with Crippen molar-refractivity contribution in [3.63, 3.8) is 0 Å². The molecule has 0 heterocycles. The lowest BCUT2D eigenvalue weighted by Crippen LogP contribution is -2.49. The van der Waals surface area contributed by atoms with Gasteiger partial charge in [-0.15, -0.1) is 0 Å². The Morgan fingerprint density at radius 2 is 2.12 bits per heavy atom. The first kappa shape index (κ1) is 13.5. The van der Waals surface area contributed by atoms with Crippen LogP contribution in [0, 0.1) is 5.41 Å². The van der Waals surface area contributed by atoms with E-state index in [2.05, 4.69) is 25.7 Å². The van der Waals surface area contributed by atoms with Gasteiger partial charge < -0.3 is 5.11 Å². The quantitative estimate of drug-likeness (QED) is 0.785. The minimum atomic E-state index is -0.699. The second-order valence-electron chi connectivity index (χ2n) is 5.61. The van der Waals surface area contributed by atoms with Crippen molar-refractivity contribution >= 4 is 5.97 Å². The zero-order valence-corrected chi connectivity index (χ0v) is 10.8. The van der Waals surface area contributed by atoms with Crippen LogP contribution in [0.1, 0.15) is 52.9 Å². The van der Waals surface area contributed by atoms with Gasteiger partial charge >= 0.3 is 5.97 Å². The molecule has 94 valence electrons. The molecule has 0 aromatic heterocycles. The van der Waals surface area contributed by atoms with Crippen molar-refractivity contribution in [2.75, 3.05) is 13.1 Å². The summed E-state index contributed by atoms with van der Waals surface area (Å²) in [5, 5.41) is 8.97. The lowest BCUT2D eigenvalue weighted by molar-refractivity contribution is -0.140. The van der Waals surface area contributed by atoms with Crippen LogP contribution in [0.3, 0.4) is 0 Å². The molecule has 0 amide bonds. The van der Waals surface area contributed by atoms with E-state index in [-0.39, 0.29) is 12.0 Å². The van der Waals surface area contributed by atoms with E-state index in [1.807, 2.05) is 0 Å². The zero-order valence-electron chi connectivity index (χ0n) is 10.8. The molecule has 1 saturated carbocycles. The first-order chi connectivity index (χ1) is 7.47. The normalized spacial score (nSPS) is 24.6. The van der Waals surface area contributed by atoms with Gasteiger partial charge in [0.25, 0.3) is 0 Å². The number of carbonyl (C=O) groups is 1. The standard InChI is InChI=1S/C13H25NO2/c1-4-9-14(10-12(15)16)11-7-5-6-8-13(11,2)3/h11H,4-10H2,1-3H3,(H,15,16). The van der Waals surface area contributed by atoms with Crippen molar-refractivity contribution in [3.05, 3.63) is 0 Å². The molecule has 1 aliphatic rings. The SMILES string of the molecule is CCCN(CC(=O)O)C1CCCCC1(C)C. The van der Waals surface area contributed by atoms with Crippen LogP contribution in [-0.4, -0.2) is 35.1 Å². The molecule has 3 heteroatoms. The van der Waals surface area contributed by atoms with E-state index in [9.17, 15) is 4.79 Å². The van der Waals surface area contributed by atoms with Crippen LogP contribution in [0.25, 0.3) is 0 Å². The van der Waals surface area contributed by atoms with Crippen molar-refractivity contribution in [2.45, 2.75) is 58.9 Å². The lowest BCUT2D eigenvalue weighted by Gasteiger charge is -2.45. The second kappa shape index (κ2) is 5.67. The van der Waals surface area contributed by atoms with Crippen LogP contribution in [0.4, 0.5) is 0 Å². The molecule has 0 radical (unpaired) electrons. The number of carboxylic acids is 1. The topological polar surface area (TPSA) is 40.5 Å². The third kappa shape index (κ3) is 3.48. The summed E-state index contributed by atoms with van der Waals surface area (Å²) in [6.07, 6.45) is 5.93. The Kier molecular flexibility index (Phi) is 4.78. The fraction of sp³-hybridized carbons (Fsp3) is 0.923. The van der Waals surface area contributed by atoms with Gasteiger partial charge in [0.2, 0.25) is 0 Å². The van der Waals surface area contributed by atoms with E-state index in [1.165, 1.54) is 19.3 Å². The van der Waals surface area contributed by atoms with Gasteiger partial charge in [-0.25, -0.2) is 0 Å². The molecular weight excluding hydrogens is 202 g/mol. The predicted molar refractivity (Wildman–Crippen MR) is 65.5 cm³/mol. The average Bonchev–Trinajstić information content (AvgIpc) is 2.15. The van der Waals surface area contributed by atoms with Crippen LogP contribution in [0.15, 0.2) is 0 Å². The molecule has 1 N–H and O–H groups in total. The van der Waals surface area contributed by atoms with Crippen LogP contribution < -0.4 is 0 Å². The molecule has 1 aliphatic carbocycles. The molecule has 0 bridgehead atoms. The summed E-state index contributed by atoms with van der Waals surface area (Å²) in [5.74, 6) is -0.699. The summed E-state index contributed by atoms with van der Waals surface area (Å²) in [6, 6.07) is 0.442. The predicted octanol–water partition coefficient (Wildman–Crippen LogP) is 2.75. The van der Waals surface area contributed by atoms with E-state index in [0.717, 1.165) is 19.4 Å². The minimum Gasteiger partial charge on any atom is -0.480 e. The summed E-state index contributed by atoms with van der Waals surface area (Å²) < 4.78 is 0. The lowest BCUT2D eigenvalue weighted by atomic mass is 9.72. The fourth-order valence-corrected chi connectivity index (χ4v) is 2.96. The van der Waals surface area contributed by atoms with Gasteiger partial charge in [-0.1, -0.05) is 33.6 Å². The molecule has 1 fully saturated rings. The Morgan fingerprint density at radius 1 is 1.44 bits per heavy atom. The van der Waals surface area contributed by atoms with Crippen molar-refractivity contribution in [1.29, 1.82) is 0 Å². The van der Waals surface area contributed by atoms with Gasteiger partial charge in [-0.2, -0.15) is 0 Å². The maximum atomic E-state index is 10.9. The number of carboxylic acid groups (broad SMARTS) is 1. The summed E-state index contributed by atoms with van der Waals surface area (Å²) >= 11 is 0. The van der Waals surface area contributed by atoms with Crippen molar-refractivity contribution in [1.82, 2.24) is 4.90 Å². The summed E-state index contributed by atoms with van der Waals surface area (Å²) in [4.78, 5) is 13.1. The molecule has 1 atom stereocenters. The number of nitrogens with zero attached hydrogens (tertiary/aromatic N) is 1. The molecule has 0 spiro atoms. The van der Waals surface area contributed by atoms with Gasteiger partial charge in [0.1, 0.15) is 0 Å². The molecular formula is C13H25NO2. The largest absolute Gasteiger partial charge is 0.480 e. The Morgan fingerprint density at radius 3 is 2.62 bits per heavy atom. The molecule has 1 unspecified atom stereocenters. The van der Waals surface area contributed by atoms with Crippen LogP contribution in [0.2, 0.25) is 0 Å². The van der Waals surface area contributed by atoms with Crippen LogP contribution >= 0.6 is 0 Å². The van der Waals surface area contributed by atoms with E-state index in [4.69, 9.17) is 5.11 Å². The first-order valence-electron chi connectivity index (χ1n) is 6.43. The molecule has 1 rings (SSSR count). The summed E-state index contributed by atoms with van der Waals surface area (Å²) in [6.45, 7) is 7.77. The van der Waals surface area contributed by atoms with Gasteiger partial charge in [-0.05, 0) is 31.2 Å². The summed E-state index contributed by atoms with van der Waals surface area (Å²) in [5.41, 5.74) is 0.267. The van der Waals surface area contributed by atoms with Crippen LogP contribution in [0.5, 0.6) is 0 Å². The summed E-state index contributed by atoms with van der Waals surface area (Å²) in [7, 11) is 0. The number of hydrogen-bond donors (Lipinski definition) is 1.